The number of carbonyl (C=O) groups excluding carboxylic acids is 1. The molecule has 1 aromatic rings. The first-order valence-electron chi connectivity index (χ1n) is 7.97. The summed E-state index contributed by atoms with van der Waals surface area (Å²) in [5.41, 5.74) is 1.91. The minimum absolute atomic E-state index is 0.0599. The maximum Gasteiger partial charge on any atom is 0.322 e. The molecule has 1 N–H and O–H groups in total. The van der Waals surface area contributed by atoms with Gasteiger partial charge in [-0.05, 0) is 31.2 Å². The van der Waals surface area contributed by atoms with Crippen molar-refractivity contribution in [3.63, 3.8) is 0 Å². The first-order valence-corrected chi connectivity index (χ1v) is 9.79. The van der Waals surface area contributed by atoms with Crippen molar-refractivity contribution in [2.45, 2.75) is 25.4 Å². The molecular formula is C16H23N3O3S. The summed E-state index contributed by atoms with van der Waals surface area (Å²) in [4.78, 5) is 16.4. The van der Waals surface area contributed by atoms with Crippen molar-refractivity contribution in [2.24, 2.45) is 0 Å². The van der Waals surface area contributed by atoms with E-state index in [1.54, 1.807) is 4.90 Å². The molecule has 6 nitrogen and oxygen atoms in total. The van der Waals surface area contributed by atoms with E-state index >= 15 is 0 Å². The predicted octanol–water partition coefficient (Wildman–Crippen LogP) is 1.19. The van der Waals surface area contributed by atoms with Gasteiger partial charge < -0.3 is 10.2 Å². The third-order valence-electron chi connectivity index (χ3n) is 4.80. The number of nitrogens with one attached hydrogen (secondary N) is 1. The largest absolute Gasteiger partial charge is 0.322 e. The molecular weight excluding hydrogens is 314 g/mol. The molecule has 0 saturated carbocycles. The van der Waals surface area contributed by atoms with Crippen molar-refractivity contribution in [2.75, 3.05) is 37.0 Å². The van der Waals surface area contributed by atoms with E-state index in [1.807, 2.05) is 31.3 Å². The van der Waals surface area contributed by atoms with Crippen molar-refractivity contribution < 1.29 is 13.2 Å². The average Bonchev–Trinajstić information content (AvgIpc) is 2.83. The Morgan fingerprint density at radius 2 is 2.00 bits per heavy atom. The van der Waals surface area contributed by atoms with Gasteiger partial charge in [0.25, 0.3) is 0 Å². The molecule has 7 heteroatoms. The van der Waals surface area contributed by atoms with Gasteiger partial charge in [-0.15, -0.1) is 0 Å². The van der Waals surface area contributed by atoms with Gasteiger partial charge in [-0.3, -0.25) is 4.90 Å². The number of amides is 2. The third-order valence-corrected chi connectivity index (χ3v) is 6.50. The summed E-state index contributed by atoms with van der Waals surface area (Å²) in [6, 6.07) is 7.19. The van der Waals surface area contributed by atoms with Crippen LogP contribution in [0.3, 0.4) is 0 Å². The van der Waals surface area contributed by atoms with E-state index in [4.69, 9.17) is 0 Å². The summed E-state index contributed by atoms with van der Waals surface area (Å²) in [7, 11) is -1.15. The Bertz CT molecular complexity index is 704. The quantitative estimate of drug-likeness (QED) is 0.880. The molecule has 126 valence electrons. The number of anilines is 1. The van der Waals surface area contributed by atoms with Crippen LogP contribution >= 0.6 is 0 Å². The molecule has 2 fully saturated rings. The highest BCUT2D eigenvalue weighted by Gasteiger charge is 2.46. The molecule has 3 rings (SSSR count). The van der Waals surface area contributed by atoms with Gasteiger partial charge in [0.05, 0.1) is 17.5 Å². The number of aryl methyl sites for hydroxylation is 1. The fraction of sp³-hybridized carbons (Fsp3) is 0.562. The van der Waals surface area contributed by atoms with E-state index in [-0.39, 0.29) is 29.6 Å². The molecule has 2 atom stereocenters. The normalized spacial score (nSPS) is 26.8. The van der Waals surface area contributed by atoms with Gasteiger partial charge in [0.1, 0.15) is 0 Å². The topological polar surface area (TPSA) is 69.7 Å². The van der Waals surface area contributed by atoms with E-state index in [1.165, 1.54) is 0 Å². The second-order valence-corrected chi connectivity index (χ2v) is 8.52. The Balaban J connectivity index is 1.76. The zero-order chi connectivity index (χ0) is 16.6. The molecule has 23 heavy (non-hydrogen) atoms. The van der Waals surface area contributed by atoms with E-state index in [0.717, 1.165) is 17.7 Å². The van der Waals surface area contributed by atoms with Crippen LogP contribution in [-0.2, 0) is 16.3 Å². The lowest BCUT2D eigenvalue weighted by molar-refractivity contribution is 0.0893. The number of rotatable bonds is 2. The molecule has 2 amide bonds. The maximum absolute atomic E-state index is 12.6. The number of hydrogen-bond donors (Lipinski definition) is 1. The van der Waals surface area contributed by atoms with Crippen molar-refractivity contribution in [1.29, 1.82) is 0 Å². The van der Waals surface area contributed by atoms with Gasteiger partial charge in [0.2, 0.25) is 0 Å². The van der Waals surface area contributed by atoms with Gasteiger partial charge >= 0.3 is 6.03 Å². The van der Waals surface area contributed by atoms with Gasteiger partial charge in [0, 0.05) is 24.8 Å². The van der Waals surface area contributed by atoms with Crippen LogP contribution in [0, 0.1) is 0 Å². The average molecular weight is 337 g/mol. The van der Waals surface area contributed by atoms with Crippen molar-refractivity contribution in [1.82, 2.24) is 9.80 Å². The van der Waals surface area contributed by atoms with Gasteiger partial charge in [0.15, 0.2) is 9.84 Å². The summed E-state index contributed by atoms with van der Waals surface area (Å²) in [5.74, 6) is 0.202. The molecule has 0 bridgehead atoms. The number of fused-ring (bicyclic) bond motifs is 1. The number of urea groups is 1. The standard InChI is InChI=1S/C16H23N3O3S/c1-3-12-5-4-6-13(9-12)17-16(20)19-8-7-18(2)14-10-23(21,22)11-15(14)19/h4-6,9,14-15H,3,7-8,10-11H2,1-2H3,(H,17,20)/t14-,15+/m0/s1. The summed E-state index contributed by atoms with van der Waals surface area (Å²) in [6.45, 7) is 3.31. The van der Waals surface area contributed by atoms with Gasteiger partial charge in [-0.1, -0.05) is 19.1 Å². The summed E-state index contributed by atoms with van der Waals surface area (Å²) >= 11 is 0. The Labute approximate surface area is 137 Å². The number of benzene rings is 1. The van der Waals surface area contributed by atoms with Crippen LogP contribution < -0.4 is 5.32 Å². The van der Waals surface area contributed by atoms with Crippen LogP contribution in [0.5, 0.6) is 0 Å². The molecule has 0 unspecified atom stereocenters. The molecule has 0 aliphatic carbocycles. The fourth-order valence-corrected chi connectivity index (χ4v) is 5.50. The van der Waals surface area contributed by atoms with E-state index in [0.29, 0.717) is 13.1 Å². The molecule has 1 aromatic carbocycles. The highest BCUT2D eigenvalue weighted by molar-refractivity contribution is 7.91. The highest BCUT2D eigenvalue weighted by Crippen LogP contribution is 2.26. The summed E-state index contributed by atoms with van der Waals surface area (Å²) in [6.07, 6.45) is 0.904. The molecule has 2 aliphatic heterocycles. The van der Waals surface area contributed by atoms with Crippen molar-refractivity contribution in [3.8, 4) is 0 Å². The number of likely N-dealkylation sites (N-methyl/N-ethyl adjacent to an activating group) is 1. The molecule has 0 aromatic heterocycles. The molecule has 2 heterocycles. The predicted molar refractivity (Wildman–Crippen MR) is 90.4 cm³/mol. The number of piperazine rings is 1. The van der Waals surface area contributed by atoms with Crippen LogP contribution in [-0.4, -0.2) is 68.0 Å². The lowest BCUT2D eigenvalue weighted by Gasteiger charge is -2.42. The monoisotopic (exact) mass is 337 g/mol. The minimum atomic E-state index is -3.08. The zero-order valence-electron chi connectivity index (χ0n) is 13.5. The lowest BCUT2D eigenvalue weighted by Crippen LogP contribution is -2.60. The molecule has 0 radical (unpaired) electrons. The first-order chi connectivity index (χ1) is 10.9. The second kappa shape index (κ2) is 6.13. The first kappa shape index (κ1) is 16.3. The summed E-state index contributed by atoms with van der Waals surface area (Å²) < 4.78 is 23.9. The van der Waals surface area contributed by atoms with Crippen LogP contribution in [0.1, 0.15) is 12.5 Å². The Morgan fingerprint density at radius 3 is 2.74 bits per heavy atom. The van der Waals surface area contributed by atoms with Gasteiger partial charge in [-0.2, -0.15) is 0 Å². The van der Waals surface area contributed by atoms with E-state index in [2.05, 4.69) is 17.1 Å². The fourth-order valence-electron chi connectivity index (χ4n) is 3.44. The van der Waals surface area contributed by atoms with Crippen molar-refractivity contribution >= 4 is 21.6 Å². The maximum atomic E-state index is 12.6. The van der Waals surface area contributed by atoms with Gasteiger partial charge in [-0.25, -0.2) is 13.2 Å². The summed E-state index contributed by atoms with van der Waals surface area (Å²) in [5, 5.41) is 2.91. The van der Waals surface area contributed by atoms with Crippen molar-refractivity contribution in [3.05, 3.63) is 29.8 Å². The van der Waals surface area contributed by atoms with E-state index in [9.17, 15) is 13.2 Å². The Kier molecular flexibility index (Phi) is 4.33. The van der Waals surface area contributed by atoms with Crippen LogP contribution in [0.15, 0.2) is 24.3 Å². The smallest absolute Gasteiger partial charge is 0.318 e. The number of nitrogens with zero attached hydrogens (tertiary/aromatic N) is 2. The highest BCUT2D eigenvalue weighted by atomic mass is 32.2. The number of hydrogen-bond acceptors (Lipinski definition) is 4. The Morgan fingerprint density at radius 1 is 1.26 bits per heavy atom. The second-order valence-electron chi connectivity index (χ2n) is 6.37. The lowest BCUT2D eigenvalue weighted by atomic mass is 10.1. The SMILES string of the molecule is CCc1cccc(NC(=O)N2CCN(C)[C@H]3CS(=O)(=O)C[C@H]32)c1. The molecule has 2 aliphatic rings. The molecule has 2 saturated heterocycles. The third kappa shape index (κ3) is 3.35. The van der Waals surface area contributed by atoms with Crippen LogP contribution in [0.2, 0.25) is 0 Å². The number of carbonyl (C=O) groups is 1. The molecule has 0 spiro atoms. The number of sulfone groups is 1. The van der Waals surface area contributed by atoms with Crippen LogP contribution in [0.4, 0.5) is 10.5 Å². The van der Waals surface area contributed by atoms with Crippen LogP contribution in [0.25, 0.3) is 0 Å². The zero-order valence-corrected chi connectivity index (χ0v) is 14.3. The van der Waals surface area contributed by atoms with E-state index < -0.39 is 9.84 Å². The minimum Gasteiger partial charge on any atom is -0.318 e. The Hall–Kier alpha value is -1.60.